The van der Waals surface area contributed by atoms with Crippen LogP contribution in [0, 0.1) is 6.92 Å². The molecule has 1 aromatic heterocycles. The van der Waals surface area contributed by atoms with Crippen molar-refractivity contribution in [2.75, 3.05) is 52.5 Å². The molecule has 0 spiro atoms. The molecule has 0 saturated carbocycles. The van der Waals surface area contributed by atoms with Crippen LogP contribution in [0.15, 0.2) is 28.7 Å². The molecular formula is C29H43N3O3. The summed E-state index contributed by atoms with van der Waals surface area (Å²) in [6.45, 7) is 18.5. The van der Waals surface area contributed by atoms with Crippen molar-refractivity contribution in [3.05, 3.63) is 58.0 Å². The number of fused-ring (bicyclic) bond motifs is 1. The number of aryl methyl sites for hydroxylation is 1. The smallest absolute Gasteiger partial charge is 0.287 e. The number of furan rings is 1. The van der Waals surface area contributed by atoms with E-state index in [1.54, 1.807) is 6.07 Å². The van der Waals surface area contributed by atoms with Crippen LogP contribution in [-0.4, -0.2) is 63.3 Å². The van der Waals surface area contributed by atoms with Gasteiger partial charge in [-0.3, -0.25) is 9.69 Å². The van der Waals surface area contributed by atoms with Crippen LogP contribution in [0.5, 0.6) is 0 Å². The minimum absolute atomic E-state index is 0.156. The Kier molecular flexibility index (Phi) is 8.04. The SMILES string of the molecule is Cc1cc2c(cc1Cc1ccc(C(=O)NCCNCCN3CCOCC3)o1)C(C)(C)CCC2(C)C. The summed E-state index contributed by atoms with van der Waals surface area (Å²) in [4.78, 5) is 14.9. The molecule has 0 unspecified atom stereocenters. The average molecular weight is 482 g/mol. The Morgan fingerprint density at radius 1 is 0.971 bits per heavy atom. The van der Waals surface area contributed by atoms with E-state index >= 15 is 0 Å². The van der Waals surface area contributed by atoms with Gasteiger partial charge in [-0.05, 0) is 65.0 Å². The van der Waals surface area contributed by atoms with E-state index < -0.39 is 0 Å². The molecule has 1 fully saturated rings. The van der Waals surface area contributed by atoms with Crippen molar-refractivity contribution in [3.8, 4) is 0 Å². The van der Waals surface area contributed by atoms with E-state index in [2.05, 4.69) is 62.3 Å². The molecule has 1 aromatic carbocycles. The van der Waals surface area contributed by atoms with Gasteiger partial charge in [0.25, 0.3) is 5.91 Å². The zero-order valence-corrected chi connectivity index (χ0v) is 22.3. The number of ether oxygens (including phenoxy) is 1. The molecule has 6 nitrogen and oxygen atoms in total. The van der Waals surface area contributed by atoms with E-state index in [1.807, 2.05) is 6.07 Å². The van der Waals surface area contributed by atoms with Gasteiger partial charge >= 0.3 is 0 Å². The fourth-order valence-corrected chi connectivity index (χ4v) is 5.28. The monoisotopic (exact) mass is 481 g/mol. The predicted molar refractivity (Wildman–Crippen MR) is 140 cm³/mol. The van der Waals surface area contributed by atoms with Gasteiger partial charge in [-0.2, -0.15) is 0 Å². The van der Waals surface area contributed by atoms with Crippen LogP contribution in [-0.2, 0) is 22.0 Å². The molecule has 1 aliphatic carbocycles. The lowest BCUT2D eigenvalue weighted by atomic mass is 9.62. The van der Waals surface area contributed by atoms with Crippen molar-refractivity contribution in [1.82, 2.24) is 15.5 Å². The lowest BCUT2D eigenvalue weighted by Crippen LogP contribution is -2.41. The highest BCUT2D eigenvalue weighted by atomic mass is 16.5. The van der Waals surface area contributed by atoms with E-state index in [4.69, 9.17) is 9.15 Å². The Hall–Kier alpha value is -2.15. The Morgan fingerprint density at radius 2 is 1.66 bits per heavy atom. The summed E-state index contributed by atoms with van der Waals surface area (Å²) < 4.78 is 11.3. The van der Waals surface area contributed by atoms with Crippen molar-refractivity contribution < 1.29 is 13.9 Å². The van der Waals surface area contributed by atoms with Crippen LogP contribution < -0.4 is 10.6 Å². The highest BCUT2D eigenvalue weighted by Gasteiger charge is 2.37. The summed E-state index contributed by atoms with van der Waals surface area (Å²) in [6.07, 6.45) is 3.11. The van der Waals surface area contributed by atoms with Gasteiger partial charge in [0.05, 0.1) is 13.2 Å². The normalized spacial score (nSPS) is 19.3. The van der Waals surface area contributed by atoms with Crippen LogP contribution >= 0.6 is 0 Å². The Bertz CT molecular complexity index is 1020. The third kappa shape index (κ3) is 6.35. The maximum Gasteiger partial charge on any atom is 0.287 e. The highest BCUT2D eigenvalue weighted by Crippen LogP contribution is 2.46. The quantitative estimate of drug-likeness (QED) is 0.526. The first-order valence-electron chi connectivity index (χ1n) is 13.2. The van der Waals surface area contributed by atoms with E-state index in [0.717, 1.165) is 51.7 Å². The number of amides is 1. The average Bonchev–Trinajstić information content (AvgIpc) is 3.29. The van der Waals surface area contributed by atoms with E-state index in [9.17, 15) is 4.79 Å². The number of hydrogen-bond acceptors (Lipinski definition) is 5. The highest BCUT2D eigenvalue weighted by molar-refractivity contribution is 5.91. The van der Waals surface area contributed by atoms with Crippen LogP contribution in [0.25, 0.3) is 0 Å². The molecule has 0 radical (unpaired) electrons. The van der Waals surface area contributed by atoms with Gasteiger partial charge in [0, 0.05) is 45.7 Å². The Morgan fingerprint density at radius 3 is 2.37 bits per heavy atom. The van der Waals surface area contributed by atoms with Crippen molar-refractivity contribution >= 4 is 5.91 Å². The molecule has 4 rings (SSSR count). The number of hydrogen-bond donors (Lipinski definition) is 2. The number of nitrogens with zero attached hydrogens (tertiary/aromatic N) is 1. The van der Waals surface area contributed by atoms with Gasteiger partial charge in [0.2, 0.25) is 0 Å². The molecule has 2 aromatic rings. The second kappa shape index (κ2) is 10.9. The van der Waals surface area contributed by atoms with Gasteiger partial charge in [-0.1, -0.05) is 39.8 Å². The molecule has 2 heterocycles. The summed E-state index contributed by atoms with van der Waals surface area (Å²) in [5.41, 5.74) is 5.90. The third-order valence-corrected chi connectivity index (χ3v) is 7.86. The first kappa shape index (κ1) is 25.9. The van der Waals surface area contributed by atoms with Crippen LogP contribution in [0.2, 0.25) is 0 Å². The number of benzene rings is 1. The van der Waals surface area contributed by atoms with Gasteiger partial charge in [0.1, 0.15) is 5.76 Å². The summed E-state index contributed by atoms with van der Waals surface area (Å²) in [5.74, 6) is 1.05. The molecule has 0 atom stereocenters. The minimum Gasteiger partial charge on any atom is -0.456 e. The number of rotatable bonds is 9. The lowest BCUT2D eigenvalue weighted by Gasteiger charge is -2.42. The number of nitrogens with one attached hydrogen (secondary N) is 2. The minimum atomic E-state index is -0.156. The van der Waals surface area contributed by atoms with Crippen molar-refractivity contribution in [2.24, 2.45) is 0 Å². The fraction of sp³-hybridized carbons (Fsp3) is 0.621. The first-order chi connectivity index (χ1) is 16.7. The number of morpholine rings is 1. The largest absolute Gasteiger partial charge is 0.456 e. The van der Waals surface area contributed by atoms with E-state index in [-0.39, 0.29) is 16.7 Å². The molecule has 0 bridgehead atoms. The summed E-state index contributed by atoms with van der Waals surface area (Å²) >= 11 is 0. The van der Waals surface area contributed by atoms with Gasteiger partial charge in [-0.25, -0.2) is 0 Å². The topological polar surface area (TPSA) is 66.7 Å². The molecule has 2 aliphatic rings. The molecule has 6 heteroatoms. The second-order valence-corrected chi connectivity index (χ2v) is 11.5. The third-order valence-electron chi connectivity index (χ3n) is 7.86. The van der Waals surface area contributed by atoms with Gasteiger partial charge < -0.3 is 19.8 Å². The Balaban J connectivity index is 1.29. The predicted octanol–water partition coefficient (Wildman–Crippen LogP) is 4.18. The molecule has 1 saturated heterocycles. The Labute approximate surface area is 210 Å². The zero-order valence-electron chi connectivity index (χ0n) is 22.3. The summed E-state index contributed by atoms with van der Waals surface area (Å²) in [5, 5.41) is 6.35. The van der Waals surface area contributed by atoms with Crippen LogP contribution in [0.3, 0.4) is 0 Å². The summed E-state index contributed by atoms with van der Waals surface area (Å²) in [6, 6.07) is 8.49. The number of carbonyl (C=O) groups excluding carboxylic acids is 1. The van der Waals surface area contributed by atoms with Crippen LogP contribution in [0.1, 0.15) is 79.1 Å². The first-order valence-corrected chi connectivity index (χ1v) is 13.2. The molecule has 192 valence electrons. The van der Waals surface area contributed by atoms with Crippen LogP contribution in [0.4, 0.5) is 0 Å². The van der Waals surface area contributed by atoms with E-state index in [1.165, 1.54) is 35.1 Å². The van der Waals surface area contributed by atoms with Crippen molar-refractivity contribution in [3.63, 3.8) is 0 Å². The lowest BCUT2D eigenvalue weighted by molar-refractivity contribution is 0.0384. The van der Waals surface area contributed by atoms with Gasteiger partial charge in [-0.15, -0.1) is 0 Å². The second-order valence-electron chi connectivity index (χ2n) is 11.5. The van der Waals surface area contributed by atoms with Gasteiger partial charge in [0.15, 0.2) is 5.76 Å². The molecular weight excluding hydrogens is 438 g/mol. The fourth-order valence-electron chi connectivity index (χ4n) is 5.28. The van der Waals surface area contributed by atoms with E-state index in [0.29, 0.717) is 18.7 Å². The maximum atomic E-state index is 12.6. The molecule has 1 aliphatic heterocycles. The molecule has 1 amide bonds. The summed E-state index contributed by atoms with van der Waals surface area (Å²) in [7, 11) is 0. The van der Waals surface area contributed by atoms with Crippen molar-refractivity contribution in [2.45, 2.75) is 64.7 Å². The number of carbonyl (C=O) groups is 1. The van der Waals surface area contributed by atoms with Crippen molar-refractivity contribution in [1.29, 1.82) is 0 Å². The maximum absolute atomic E-state index is 12.6. The standard InChI is InChI=1S/C29H43N3O3/c1-21-18-24-25(29(4,5)9-8-28(24,2)3)20-22(21)19-23-6-7-26(35-23)27(33)31-11-10-30-12-13-32-14-16-34-17-15-32/h6-7,18,20,30H,8-17,19H2,1-5H3,(H,31,33). The molecule has 2 N–H and O–H groups in total. The zero-order chi connectivity index (χ0) is 25.1. The molecule has 35 heavy (non-hydrogen) atoms.